The van der Waals surface area contributed by atoms with Gasteiger partial charge in [0.15, 0.2) is 0 Å². The summed E-state index contributed by atoms with van der Waals surface area (Å²) >= 11 is 0. The number of hydrogen-bond donors (Lipinski definition) is 1. The number of ether oxygens (including phenoxy) is 1. The van der Waals surface area contributed by atoms with Crippen molar-refractivity contribution in [1.29, 1.82) is 5.26 Å². The zero-order chi connectivity index (χ0) is 27.2. The summed E-state index contributed by atoms with van der Waals surface area (Å²) < 4.78 is 7.01. The number of hydrogen-bond acceptors (Lipinski definition) is 9. The number of methoxy groups -OCH3 is 1. The van der Waals surface area contributed by atoms with E-state index in [1.165, 1.54) is 12.0 Å². The van der Waals surface area contributed by atoms with E-state index in [9.17, 15) is 10.4 Å². The van der Waals surface area contributed by atoms with E-state index in [1.54, 1.807) is 13.3 Å². The normalized spacial score (nSPS) is 26.4. The molecule has 1 N–H and O–H groups in total. The molecular formula is C30H34N8O2. The molecule has 4 atom stereocenters. The number of aliphatic hydroxyl groups excluding tert-OH is 1. The fraction of sp³-hybridized carbons (Fsp3) is 0.467. The average molecular weight is 539 g/mol. The summed E-state index contributed by atoms with van der Waals surface area (Å²) in [5, 5.41) is 24.5. The monoisotopic (exact) mass is 538 g/mol. The van der Waals surface area contributed by atoms with Crippen LogP contribution in [-0.2, 0) is 6.54 Å². The quantitative estimate of drug-likeness (QED) is 0.529. The molecule has 3 aromatic rings. The largest absolute Gasteiger partial charge is 0.481 e. The van der Waals surface area contributed by atoms with Gasteiger partial charge in [-0.1, -0.05) is 12.1 Å². The van der Waals surface area contributed by atoms with Crippen molar-refractivity contribution in [2.75, 3.05) is 44.7 Å². The van der Waals surface area contributed by atoms with Gasteiger partial charge in [0.05, 0.1) is 48.9 Å². The number of nitriles is 1. The van der Waals surface area contributed by atoms with Crippen molar-refractivity contribution in [1.82, 2.24) is 24.4 Å². The SMILES string of the molecule is COc1ccc(CN2C3CC2CN(C2=NCC(c4cc(N5CCCC(O)C5)cn5ncc(C#N)c45)C=C2)C3)cn1. The molecule has 4 unspecified atom stereocenters. The Kier molecular flexibility index (Phi) is 6.41. The fourth-order valence-corrected chi connectivity index (χ4v) is 6.75. The lowest BCUT2D eigenvalue weighted by Gasteiger charge is -2.57. The molecule has 0 aromatic carbocycles. The molecule has 5 aliphatic heterocycles. The topological polar surface area (TPSA) is 106 Å². The first-order valence-electron chi connectivity index (χ1n) is 14.2. The Morgan fingerprint density at radius 3 is 2.73 bits per heavy atom. The molecule has 0 amide bonds. The number of anilines is 1. The molecule has 10 nitrogen and oxygen atoms in total. The molecule has 2 bridgehead atoms. The second-order valence-electron chi connectivity index (χ2n) is 11.4. The van der Waals surface area contributed by atoms with Crippen molar-refractivity contribution >= 4 is 17.0 Å². The zero-order valence-electron chi connectivity index (χ0n) is 22.7. The minimum absolute atomic E-state index is 0.0584. The van der Waals surface area contributed by atoms with Crippen LogP contribution in [-0.4, -0.2) is 93.4 Å². The summed E-state index contributed by atoms with van der Waals surface area (Å²) in [5.74, 6) is 1.76. The number of piperidine rings is 2. The third-order valence-corrected chi connectivity index (χ3v) is 8.88. The van der Waals surface area contributed by atoms with Crippen LogP contribution in [0.3, 0.4) is 0 Å². The Balaban J connectivity index is 1.06. The fourth-order valence-electron chi connectivity index (χ4n) is 6.75. The molecule has 5 aliphatic rings. The van der Waals surface area contributed by atoms with Crippen molar-refractivity contribution in [3.63, 3.8) is 0 Å². The Morgan fingerprint density at radius 1 is 1.15 bits per heavy atom. The molecule has 8 heterocycles. The summed E-state index contributed by atoms with van der Waals surface area (Å²) in [6.45, 7) is 5.02. The second kappa shape index (κ2) is 10.2. The van der Waals surface area contributed by atoms with Crippen LogP contribution in [0.1, 0.15) is 41.9 Å². The number of β-amino-alcohol motifs (C(OH)–C–C–N with tert-alkyl or cyclic N) is 1. The molecule has 0 saturated carbocycles. The van der Waals surface area contributed by atoms with Crippen molar-refractivity contribution < 1.29 is 9.84 Å². The van der Waals surface area contributed by atoms with Crippen LogP contribution in [0, 0.1) is 11.3 Å². The molecule has 40 heavy (non-hydrogen) atoms. The van der Waals surface area contributed by atoms with Gasteiger partial charge in [0.1, 0.15) is 11.9 Å². The molecule has 8 rings (SSSR count). The van der Waals surface area contributed by atoms with Crippen LogP contribution in [0.2, 0.25) is 0 Å². The molecule has 4 saturated heterocycles. The Hall–Kier alpha value is -3.94. The molecule has 3 aromatic heterocycles. The smallest absolute Gasteiger partial charge is 0.212 e. The van der Waals surface area contributed by atoms with Gasteiger partial charge >= 0.3 is 0 Å². The Labute approximate surface area is 233 Å². The number of amidine groups is 1. The number of aliphatic imine (C=N–C) groups is 1. The van der Waals surface area contributed by atoms with Crippen molar-refractivity contribution in [3.05, 3.63) is 65.6 Å². The summed E-state index contributed by atoms with van der Waals surface area (Å²) in [6.07, 6.45) is 12.6. The first-order valence-corrected chi connectivity index (χ1v) is 14.2. The Bertz CT molecular complexity index is 1490. The molecule has 0 spiro atoms. The van der Waals surface area contributed by atoms with Crippen LogP contribution in [0.4, 0.5) is 5.69 Å². The van der Waals surface area contributed by atoms with Gasteiger partial charge in [-0.2, -0.15) is 10.4 Å². The van der Waals surface area contributed by atoms with Crippen LogP contribution in [0.15, 0.2) is 53.9 Å². The maximum absolute atomic E-state index is 10.2. The molecule has 0 aliphatic carbocycles. The number of piperazine rings is 1. The highest BCUT2D eigenvalue weighted by Crippen LogP contribution is 2.36. The van der Waals surface area contributed by atoms with Gasteiger partial charge in [-0.05, 0) is 42.5 Å². The molecule has 206 valence electrons. The van der Waals surface area contributed by atoms with E-state index in [0.717, 1.165) is 61.6 Å². The van der Waals surface area contributed by atoms with Gasteiger partial charge in [0.2, 0.25) is 5.88 Å². The van der Waals surface area contributed by atoms with E-state index >= 15 is 0 Å². The van der Waals surface area contributed by atoms with Gasteiger partial charge in [0, 0.05) is 63.0 Å². The minimum atomic E-state index is -0.318. The maximum atomic E-state index is 10.2. The zero-order valence-corrected chi connectivity index (χ0v) is 22.7. The number of aromatic nitrogens is 3. The van der Waals surface area contributed by atoms with Gasteiger partial charge in [0.25, 0.3) is 0 Å². The molecule has 0 radical (unpaired) electrons. The summed E-state index contributed by atoms with van der Waals surface area (Å²) in [7, 11) is 1.64. The number of rotatable bonds is 5. The van der Waals surface area contributed by atoms with E-state index in [2.05, 4.69) is 55.1 Å². The number of nitrogens with zero attached hydrogens (tertiary/aromatic N) is 8. The standard InChI is InChI=1S/C30H34N8O2/c1-40-29-7-4-20(12-33-29)15-37-24-9-25(37)17-36(16-24)28-6-5-21(13-32-28)27-10-23(35-8-2-3-26(39)19-35)18-38-30(27)22(11-31)14-34-38/h4-7,10,12,14,18,21,24-26,39H,2-3,8-9,13,15-17,19H2,1H3. The van der Waals surface area contributed by atoms with Crippen LogP contribution in [0.5, 0.6) is 5.88 Å². The van der Waals surface area contributed by atoms with Crippen LogP contribution in [0.25, 0.3) is 5.52 Å². The lowest BCUT2D eigenvalue weighted by molar-refractivity contribution is -0.0538. The third-order valence-electron chi connectivity index (χ3n) is 8.88. The highest BCUT2D eigenvalue weighted by Gasteiger charge is 2.45. The molecule has 10 heteroatoms. The highest BCUT2D eigenvalue weighted by atomic mass is 16.5. The van der Waals surface area contributed by atoms with E-state index < -0.39 is 0 Å². The predicted molar refractivity (Wildman–Crippen MR) is 152 cm³/mol. The van der Waals surface area contributed by atoms with Crippen molar-refractivity contribution in [2.45, 2.75) is 49.9 Å². The number of dihydropyridines is 1. The first-order chi connectivity index (χ1) is 19.6. The number of aliphatic hydroxyl groups is 1. The van der Waals surface area contributed by atoms with Crippen LogP contribution >= 0.6 is 0 Å². The third kappa shape index (κ3) is 4.49. The van der Waals surface area contributed by atoms with E-state index in [1.807, 2.05) is 23.0 Å². The van der Waals surface area contributed by atoms with Crippen molar-refractivity contribution in [2.24, 2.45) is 4.99 Å². The minimum Gasteiger partial charge on any atom is -0.481 e. The second-order valence-corrected chi connectivity index (χ2v) is 11.4. The van der Waals surface area contributed by atoms with Gasteiger partial charge < -0.3 is 19.6 Å². The molecular weight excluding hydrogens is 504 g/mol. The van der Waals surface area contributed by atoms with Gasteiger partial charge in [-0.25, -0.2) is 9.50 Å². The lowest BCUT2D eigenvalue weighted by Crippen LogP contribution is -2.68. The summed E-state index contributed by atoms with van der Waals surface area (Å²) in [5.41, 5.74) is 4.73. The van der Waals surface area contributed by atoms with E-state index in [4.69, 9.17) is 9.73 Å². The van der Waals surface area contributed by atoms with Crippen LogP contribution < -0.4 is 9.64 Å². The number of pyridine rings is 2. The van der Waals surface area contributed by atoms with Crippen molar-refractivity contribution in [3.8, 4) is 11.9 Å². The highest BCUT2D eigenvalue weighted by molar-refractivity contribution is 5.94. The summed E-state index contributed by atoms with van der Waals surface area (Å²) in [4.78, 5) is 16.6. The Morgan fingerprint density at radius 2 is 2.02 bits per heavy atom. The first kappa shape index (κ1) is 25.1. The number of fused-ring (bicyclic) bond motifs is 3. The van der Waals surface area contributed by atoms with E-state index in [0.29, 0.717) is 36.6 Å². The van der Waals surface area contributed by atoms with Gasteiger partial charge in [-0.15, -0.1) is 0 Å². The summed E-state index contributed by atoms with van der Waals surface area (Å²) in [6, 6.07) is 9.56. The molecule has 4 fully saturated rings. The van der Waals surface area contributed by atoms with Gasteiger partial charge in [-0.3, -0.25) is 9.89 Å². The van der Waals surface area contributed by atoms with E-state index in [-0.39, 0.29) is 12.0 Å². The maximum Gasteiger partial charge on any atom is 0.212 e. The average Bonchev–Trinajstić information content (AvgIpc) is 3.43. The predicted octanol–water partition coefficient (Wildman–Crippen LogP) is 2.58. The lowest BCUT2D eigenvalue weighted by atomic mass is 9.86.